The second kappa shape index (κ2) is 4.54. The molecule has 0 saturated heterocycles. The molecule has 2 nitrogen and oxygen atoms in total. The van der Waals surface area contributed by atoms with Gasteiger partial charge in [-0.1, -0.05) is 17.7 Å². The molecule has 1 heterocycles. The van der Waals surface area contributed by atoms with Crippen molar-refractivity contribution in [2.75, 3.05) is 0 Å². The summed E-state index contributed by atoms with van der Waals surface area (Å²) < 4.78 is 2.21. The number of aliphatic hydroxyl groups excluding tert-OH is 1. The number of hydrogen-bond donors (Lipinski definition) is 1. The highest BCUT2D eigenvalue weighted by Gasteiger charge is 2.01. The first-order valence-corrected chi connectivity index (χ1v) is 5.53. The van der Waals surface area contributed by atoms with Crippen molar-refractivity contribution in [2.24, 2.45) is 0 Å². The molecule has 0 aliphatic rings. The number of allylic oxidation sites excluding steroid dienone is 1. The molecule has 16 heavy (non-hydrogen) atoms. The molecule has 0 saturated carbocycles. The molecule has 84 valence electrons. The summed E-state index contributed by atoms with van der Waals surface area (Å²) >= 11 is 0. The zero-order valence-corrected chi connectivity index (χ0v) is 9.61. The quantitative estimate of drug-likeness (QED) is 0.779. The molecule has 0 fully saturated rings. The fraction of sp³-hybridized carbons (Fsp3) is 0.286. The van der Waals surface area contributed by atoms with E-state index in [0.29, 0.717) is 0 Å². The minimum Gasteiger partial charge on any atom is -0.392 e. The number of fused-ring (bicyclic) bond motifs is 1. The third-order valence-corrected chi connectivity index (χ3v) is 2.80. The van der Waals surface area contributed by atoms with Gasteiger partial charge in [0.2, 0.25) is 0 Å². The van der Waals surface area contributed by atoms with E-state index in [1.165, 1.54) is 16.5 Å². The van der Waals surface area contributed by atoms with Crippen molar-refractivity contribution in [2.45, 2.75) is 26.5 Å². The minimum atomic E-state index is 0.0988. The monoisotopic (exact) mass is 215 g/mol. The summed E-state index contributed by atoms with van der Waals surface area (Å²) in [5.74, 6) is 0. The lowest BCUT2D eigenvalue weighted by molar-refractivity contribution is 0.282. The van der Waals surface area contributed by atoms with Crippen molar-refractivity contribution in [1.29, 1.82) is 0 Å². The fourth-order valence-electron chi connectivity index (χ4n) is 1.83. The average Bonchev–Trinajstić information content (AvgIpc) is 2.68. The standard InChI is InChI=1S/C14H17NO/c1-11(2)5-7-15-8-6-13-4-3-12(10-16)9-14(13)15/h3-4,6,8-9,16H,1,5,7,10H2,2H3. The van der Waals surface area contributed by atoms with Crippen LogP contribution in [0.2, 0.25) is 0 Å². The number of aromatic nitrogens is 1. The summed E-state index contributed by atoms with van der Waals surface area (Å²) in [5.41, 5.74) is 3.34. The van der Waals surface area contributed by atoms with Crippen molar-refractivity contribution < 1.29 is 5.11 Å². The van der Waals surface area contributed by atoms with Gasteiger partial charge in [-0.05, 0) is 36.4 Å². The number of aliphatic hydroxyl groups is 1. The highest BCUT2D eigenvalue weighted by Crippen LogP contribution is 2.18. The maximum atomic E-state index is 9.12. The number of nitrogens with zero attached hydrogens (tertiary/aromatic N) is 1. The average molecular weight is 215 g/mol. The van der Waals surface area contributed by atoms with Gasteiger partial charge in [-0.3, -0.25) is 0 Å². The highest BCUT2D eigenvalue weighted by atomic mass is 16.3. The van der Waals surface area contributed by atoms with Gasteiger partial charge in [-0.2, -0.15) is 0 Å². The Hall–Kier alpha value is -1.54. The van der Waals surface area contributed by atoms with Crippen LogP contribution in [-0.4, -0.2) is 9.67 Å². The maximum Gasteiger partial charge on any atom is 0.0682 e. The zero-order chi connectivity index (χ0) is 11.5. The van der Waals surface area contributed by atoms with Gasteiger partial charge in [0.05, 0.1) is 6.61 Å². The molecule has 0 radical (unpaired) electrons. The van der Waals surface area contributed by atoms with E-state index < -0.39 is 0 Å². The summed E-state index contributed by atoms with van der Waals surface area (Å²) in [4.78, 5) is 0. The Morgan fingerprint density at radius 2 is 2.19 bits per heavy atom. The van der Waals surface area contributed by atoms with Gasteiger partial charge >= 0.3 is 0 Å². The van der Waals surface area contributed by atoms with E-state index in [0.717, 1.165) is 18.5 Å². The van der Waals surface area contributed by atoms with Crippen LogP contribution in [0.5, 0.6) is 0 Å². The van der Waals surface area contributed by atoms with Gasteiger partial charge in [-0.25, -0.2) is 0 Å². The fourth-order valence-corrected chi connectivity index (χ4v) is 1.83. The Kier molecular flexibility index (Phi) is 3.11. The molecule has 2 aromatic rings. The van der Waals surface area contributed by atoms with Crippen LogP contribution in [0.4, 0.5) is 0 Å². The van der Waals surface area contributed by atoms with E-state index in [4.69, 9.17) is 5.11 Å². The molecular weight excluding hydrogens is 198 g/mol. The first kappa shape index (κ1) is 11.0. The first-order chi connectivity index (χ1) is 7.70. The molecule has 0 spiro atoms. The molecular formula is C14H17NO. The van der Waals surface area contributed by atoms with Gasteiger partial charge in [0.25, 0.3) is 0 Å². The predicted octanol–water partition coefficient (Wildman–Crippen LogP) is 3.10. The number of aryl methyl sites for hydroxylation is 1. The van der Waals surface area contributed by atoms with E-state index in [-0.39, 0.29) is 6.61 Å². The molecule has 1 aromatic heterocycles. The second-order valence-corrected chi connectivity index (χ2v) is 4.27. The first-order valence-electron chi connectivity index (χ1n) is 5.53. The number of rotatable bonds is 4. The normalized spacial score (nSPS) is 10.9. The van der Waals surface area contributed by atoms with E-state index in [1.54, 1.807) is 0 Å². The molecule has 0 atom stereocenters. The predicted molar refractivity (Wildman–Crippen MR) is 67.3 cm³/mol. The molecule has 0 aliphatic heterocycles. The molecule has 1 N–H and O–H groups in total. The van der Waals surface area contributed by atoms with Gasteiger partial charge in [-0.15, -0.1) is 6.58 Å². The lowest BCUT2D eigenvalue weighted by atomic mass is 10.2. The second-order valence-electron chi connectivity index (χ2n) is 4.27. The van der Waals surface area contributed by atoms with E-state index in [1.807, 2.05) is 19.1 Å². The zero-order valence-electron chi connectivity index (χ0n) is 9.61. The summed E-state index contributed by atoms with van der Waals surface area (Å²) in [6, 6.07) is 8.17. The van der Waals surface area contributed by atoms with Gasteiger partial charge < -0.3 is 9.67 Å². The van der Waals surface area contributed by atoms with Gasteiger partial charge in [0.1, 0.15) is 0 Å². The van der Waals surface area contributed by atoms with E-state index in [2.05, 4.69) is 29.5 Å². The minimum absolute atomic E-state index is 0.0988. The van der Waals surface area contributed by atoms with Crippen molar-refractivity contribution in [3.63, 3.8) is 0 Å². The molecule has 1 aromatic carbocycles. The molecule has 0 bridgehead atoms. The Morgan fingerprint density at radius 1 is 1.38 bits per heavy atom. The Balaban J connectivity index is 2.34. The maximum absolute atomic E-state index is 9.12. The van der Waals surface area contributed by atoms with Crippen molar-refractivity contribution >= 4 is 10.9 Å². The third kappa shape index (κ3) is 2.17. The molecule has 2 rings (SSSR count). The molecule has 0 aliphatic carbocycles. The Bertz CT molecular complexity index is 510. The van der Waals surface area contributed by atoms with Crippen molar-refractivity contribution in [3.8, 4) is 0 Å². The molecule has 0 unspecified atom stereocenters. The Labute approximate surface area is 95.8 Å². The summed E-state index contributed by atoms with van der Waals surface area (Å²) in [6.45, 7) is 7.01. The third-order valence-electron chi connectivity index (χ3n) is 2.80. The molecule has 2 heteroatoms. The van der Waals surface area contributed by atoms with Crippen molar-refractivity contribution in [1.82, 2.24) is 4.57 Å². The van der Waals surface area contributed by atoms with Gasteiger partial charge in [0.15, 0.2) is 0 Å². The van der Waals surface area contributed by atoms with E-state index >= 15 is 0 Å². The van der Waals surface area contributed by atoms with Crippen LogP contribution in [0.1, 0.15) is 18.9 Å². The topological polar surface area (TPSA) is 25.2 Å². The SMILES string of the molecule is C=C(C)CCn1ccc2ccc(CO)cc21. The lowest BCUT2D eigenvalue weighted by Gasteiger charge is -2.06. The van der Waals surface area contributed by atoms with E-state index in [9.17, 15) is 0 Å². The van der Waals surface area contributed by atoms with Crippen LogP contribution in [0.3, 0.4) is 0 Å². The van der Waals surface area contributed by atoms with Crippen LogP contribution in [0.25, 0.3) is 10.9 Å². The number of benzene rings is 1. The summed E-state index contributed by atoms with van der Waals surface area (Å²) in [6.07, 6.45) is 3.09. The highest BCUT2D eigenvalue weighted by molar-refractivity contribution is 5.80. The summed E-state index contributed by atoms with van der Waals surface area (Å²) in [7, 11) is 0. The number of hydrogen-bond acceptors (Lipinski definition) is 1. The molecule has 0 amide bonds. The van der Waals surface area contributed by atoms with Gasteiger partial charge in [0, 0.05) is 18.3 Å². The smallest absolute Gasteiger partial charge is 0.0682 e. The van der Waals surface area contributed by atoms with Crippen molar-refractivity contribution in [3.05, 3.63) is 48.2 Å². The largest absolute Gasteiger partial charge is 0.392 e. The van der Waals surface area contributed by atoms with Crippen LogP contribution in [-0.2, 0) is 13.2 Å². The van der Waals surface area contributed by atoms with Crippen LogP contribution in [0, 0.1) is 0 Å². The van der Waals surface area contributed by atoms with Crippen LogP contribution >= 0.6 is 0 Å². The lowest BCUT2D eigenvalue weighted by Crippen LogP contribution is -1.96. The Morgan fingerprint density at radius 3 is 2.88 bits per heavy atom. The van der Waals surface area contributed by atoms with Crippen LogP contribution < -0.4 is 0 Å². The summed E-state index contributed by atoms with van der Waals surface area (Å²) in [5, 5.41) is 10.3. The van der Waals surface area contributed by atoms with Crippen LogP contribution in [0.15, 0.2) is 42.6 Å².